The van der Waals surface area contributed by atoms with Crippen LogP contribution in [0.15, 0.2) is 5.38 Å². The number of nitrogens with one attached hydrogen (secondary N) is 2. The van der Waals surface area contributed by atoms with E-state index in [4.69, 9.17) is 0 Å². The number of thiazole rings is 1. The maximum atomic E-state index is 12.0. The van der Waals surface area contributed by atoms with Crippen LogP contribution in [0.25, 0.3) is 0 Å². The van der Waals surface area contributed by atoms with Crippen molar-refractivity contribution in [3.8, 4) is 0 Å². The van der Waals surface area contributed by atoms with Crippen molar-refractivity contribution < 1.29 is 4.79 Å². The summed E-state index contributed by atoms with van der Waals surface area (Å²) in [5, 5.41) is 8.97. The van der Waals surface area contributed by atoms with Crippen LogP contribution in [0.4, 0.5) is 5.13 Å². The Hall–Kier alpha value is -0.980. The fourth-order valence-electron chi connectivity index (χ4n) is 2.10. The van der Waals surface area contributed by atoms with Gasteiger partial charge in [0.1, 0.15) is 0 Å². The molecule has 0 aliphatic carbocycles. The summed E-state index contributed by atoms with van der Waals surface area (Å²) in [5.74, 6) is 0.0294. The number of hydrogen-bond acceptors (Lipinski definition) is 5. The lowest BCUT2D eigenvalue weighted by molar-refractivity contribution is -0.117. The number of rotatable bonds is 3. The second-order valence-corrected chi connectivity index (χ2v) is 7.07. The summed E-state index contributed by atoms with van der Waals surface area (Å²) in [6.07, 6.45) is 1.10. The SMILES string of the molecule is CC(C)(C)c1csc(NC(=O)CN2CCCNCC2)n1. The number of nitrogens with zero attached hydrogens (tertiary/aromatic N) is 2. The summed E-state index contributed by atoms with van der Waals surface area (Å²) in [7, 11) is 0. The second kappa shape index (κ2) is 6.65. The number of carbonyl (C=O) groups is 1. The van der Waals surface area contributed by atoms with Gasteiger partial charge in [-0.2, -0.15) is 0 Å². The Morgan fingerprint density at radius 1 is 1.45 bits per heavy atom. The molecule has 1 aliphatic heterocycles. The maximum Gasteiger partial charge on any atom is 0.240 e. The van der Waals surface area contributed by atoms with Gasteiger partial charge >= 0.3 is 0 Å². The summed E-state index contributed by atoms with van der Waals surface area (Å²) >= 11 is 1.50. The molecule has 0 aromatic carbocycles. The van der Waals surface area contributed by atoms with E-state index in [0.717, 1.165) is 38.3 Å². The molecule has 2 rings (SSSR count). The maximum absolute atomic E-state index is 12.0. The number of anilines is 1. The van der Waals surface area contributed by atoms with Gasteiger partial charge in [0.15, 0.2) is 5.13 Å². The highest BCUT2D eigenvalue weighted by Gasteiger charge is 2.19. The molecule has 0 atom stereocenters. The molecular formula is C14H24N4OS. The Kier molecular flexibility index (Phi) is 5.12. The van der Waals surface area contributed by atoms with Crippen molar-refractivity contribution in [1.29, 1.82) is 0 Å². The van der Waals surface area contributed by atoms with Crippen LogP contribution in [-0.2, 0) is 10.2 Å². The van der Waals surface area contributed by atoms with Crippen LogP contribution in [0.1, 0.15) is 32.9 Å². The highest BCUT2D eigenvalue weighted by atomic mass is 32.1. The molecule has 2 heterocycles. The molecule has 1 aliphatic rings. The first kappa shape index (κ1) is 15.4. The molecule has 1 fully saturated rings. The lowest BCUT2D eigenvalue weighted by Gasteiger charge is -2.18. The second-order valence-electron chi connectivity index (χ2n) is 6.22. The van der Waals surface area contributed by atoms with Crippen LogP contribution >= 0.6 is 11.3 Å². The zero-order chi connectivity index (χ0) is 14.6. The van der Waals surface area contributed by atoms with E-state index in [2.05, 4.69) is 41.3 Å². The quantitative estimate of drug-likeness (QED) is 0.891. The fourth-order valence-corrected chi connectivity index (χ4v) is 3.05. The fraction of sp³-hybridized carbons (Fsp3) is 0.714. The van der Waals surface area contributed by atoms with Crippen LogP contribution in [0, 0.1) is 0 Å². The lowest BCUT2D eigenvalue weighted by Crippen LogP contribution is -2.35. The smallest absolute Gasteiger partial charge is 0.240 e. The van der Waals surface area contributed by atoms with Gasteiger partial charge in [-0.05, 0) is 19.5 Å². The molecule has 1 amide bonds. The van der Waals surface area contributed by atoms with E-state index >= 15 is 0 Å². The van der Waals surface area contributed by atoms with Gasteiger partial charge in [0.05, 0.1) is 12.2 Å². The molecule has 1 aromatic heterocycles. The van der Waals surface area contributed by atoms with Gasteiger partial charge in [0.2, 0.25) is 5.91 Å². The molecule has 112 valence electrons. The standard InChI is InChI=1S/C14H24N4OS/c1-14(2,3)11-10-20-13(16-11)17-12(19)9-18-7-4-5-15-6-8-18/h10,15H,4-9H2,1-3H3,(H,16,17,19). The molecule has 1 aromatic rings. The largest absolute Gasteiger partial charge is 0.315 e. The number of aromatic nitrogens is 1. The summed E-state index contributed by atoms with van der Waals surface area (Å²) in [5.41, 5.74) is 1.05. The van der Waals surface area contributed by atoms with Gasteiger partial charge in [-0.25, -0.2) is 4.98 Å². The Balaban J connectivity index is 1.86. The van der Waals surface area contributed by atoms with Gasteiger partial charge < -0.3 is 10.6 Å². The van der Waals surface area contributed by atoms with E-state index in [9.17, 15) is 4.79 Å². The number of amides is 1. The zero-order valence-electron chi connectivity index (χ0n) is 12.5. The minimum absolute atomic E-state index is 0.0237. The van der Waals surface area contributed by atoms with E-state index < -0.39 is 0 Å². The Morgan fingerprint density at radius 2 is 2.25 bits per heavy atom. The van der Waals surface area contributed by atoms with Gasteiger partial charge in [0, 0.05) is 23.9 Å². The Labute approximate surface area is 124 Å². The Bertz CT molecular complexity index is 444. The zero-order valence-corrected chi connectivity index (χ0v) is 13.3. The minimum atomic E-state index is 0.0237. The van der Waals surface area contributed by atoms with Crippen molar-refractivity contribution in [2.45, 2.75) is 32.6 Å². The first-order valence-corrected chi connectivity index (χ1v) is 8.02. The third kappa shape index (κ3) is 4.54. The predicted molar refractivity (Wildman–Crippen MR) is 83.4 cm³/mol. The van der Waals surface area contributed by atoms with Gasteiger partial charge in [0.25, 0.3) is 0 Å². The first-order chi connectivity index (χ1) is 9.45. The third-order valence-corrected chi connectivity index (χ3v) is 4.08. The normalized spacial score (nSPS) is 17.8. The average molecular weight is 296 g/mol. The molecule has 5 nitrogen and oxygen atoms in total. The van der Waals surface area contributed by atoms with Crippen molar-refractivity contribution in [3.05, 3.63) is 11.1 Å². The highest BCUT2D eigenvalue weighted by Crippen LogP contribution is 2.26. The lowest BCUT2D eigenvalue weighted by atomic mass is 9.93. The van der Waals surface area contributed by atoms with Crippen LogP contribution in [-0.4, -0.2) is 48.5 Å². The Morgan fingerprint density at radius 3 is 2.95 bits per heavy atom. The van der Waals surface area contributed by atoms with Crippen molar-refractivity contribution in [3.63, 3.8) is 0 Å². The van der Waals surface area contributed by atoms with E-state index in [-0.39, 0.29) is 11.3 Å². The van der Waals surface area contributed by atoms with E-state index in [1.165, 1.54) is 11.3 Å². The van der Waals surface area contributed by atoms with Gasteiger partial charge in [-0.1, -0.05) is 20.8 Å². The monoisotopic (exact) mass is 296 g/mol. The molecule has 2 N–H and O–H groups in total. The summed E-state index contributed by atoms with van der Waals surface area (Å²) in [6.45, 7) is 10.7. The van der Waals surface area contributed by atoms with Crippen molar-refractivity contribution in [2.75, 3.05) is 38.0 Å². The molecular weight excluding hydrogens is 272 g/mol. The van der Waals surface area contributed by atoms with Crippen LogP contribution < -0.4 is 10.6 Å². The van der Waals surface area contributed by atoms with Crippen LogP contribution in [0.5, 0.6) is 0 Å². The molecule has 0 unspecified atom stereocenters. The summed E-state index contributed by atoms with van der Waals surface area (Å²) < 4.78 is 0. The number of carbonyl (C=O) groups excluding carboxylic acids is 1. The molecule has 0 bridgehead atoms. The molecule has 1 saturated heterocycles. The molecule has 0 radical (unpaired) electrons. The van der Waals surface area contributed by atoms with Crippen molar-refractivity contribution in [2.24, 2.45) is 0 Å². The molecule has 20 heavy (non-hydrogen) atoms. The van der Waals surface area contributed by atoms with E-state index in [0.29, 0.717) is 11.7 Å². The summed E-state index contributed by atoms with van der Waals surface area (Å²) in [4.78, 5) is 18.7. The predicted octanol–water partition coefficient (Wildman–Crippen LogP) is 1.67. The van der Waals surface area contributed by atoms with Crippen molar-refractivity contribution in [1.82, 2.24) is 15.2 Å². The average Bonchev–Trinajstić information content (AvgIpc) is 2.67. The minimum Gasteiger partial charge on any atom is -0.315 e. The van der Waals surface area contributed by atoms with Gasteiger partial charge in [-0.15, -0.1) is 11.3 Å². The van der Waals surface area contributed by atoms with Crippen LogP contribution in [0.3, 0.4) is 0 Å². The van der Waals surface area contributed by atoms with Crippen LogP contribution in [0.2, 0.25) is 0 Å². The van der Waals surface area contributed by atoms with E-state index in [1.54, 1.807) is 0 Å². The first-order valence-electron chi connectivity index (χ1n) is 7.14. The summed E-state index contributed by atoms with van der Waals surface area (Å²) in [6, 6.07) is 0. The molecule has 6 heteroatoms. The van der Waals surface area contributed by atoms with Crippen molar-refractivity contribution >= 4 is 22.4 Å². The van der Waals surface area contributed by atoms with E-state index in [1.807, 2.05) is 5.38 Å². The number of hydrogen-bond donors (Lipinski definition) is 2. The molecule has 0 saturated carbocycles. The third-order valence-electron chi connectivity index (χ3n) is 3.32. The molecule has 0 spiro atoms. The van der Waals surface area contributed by atoms with Gasteiger partial charge in [-0.3, -0.25) is 9.69 Å². The topological polar surface area (TPSA) is 57.3 Å². The highest BCUT2D eigenvalue weighted by molar-refractivity contribution is 7.13.